The van der Waals surface area contributed by atoms with Crippen molar-refractivity contribution >= 4 is 5.70 Å². The molecule has 0 aromatic heterocycles. The third kappa shape index (κ3) is 16.7. The van der Waals surface area contributed by atoms with E-state index in [-0.39, 0.29) is 12.0 Å². The highest BCUT2D eigenvalue weighted by atomic mass is 16.7. The summed E-state index contributed by atoms with van der Waals surface area (Å²) in [6.45, 7) is 13.6. The van der Waals surface area contributed by atoms with Gasteiger partial charge in [0, 0.05) is 18.8 Å². The number of rotatable bonds is 7. The molecule has 1 aromatic rings. The second-order valence-corrected chi connectivity index (χ2v) is 5.21. The zero-order chi connectivity index (χ0) is 19.7. The van der Waals surface area contributed by atoms with Gasteiger partial charge in [0.15, 0.2) is 6.29 Å². The fourth-order valence-corrected chi connectivity index (χ4v) is 1.45. The van der Waals surface area contributed by atoms with E-state index >= 15 is 0 Å². The summed E-state index contributed by atoms with van der Waals surface area (Å²) < 4.78 is 10.1. The molecule has 1 rings (SSSR count). The smallest absolute Gasteiger partial charge is 0.257 e. The molecule has 25 heavy (non-hydrogen) atoms. The van der Waals surface area contributed by atoms with E-state index in [1.807, 2.05) is 39.8 Å². The molecule has 144 valence electrons. The number of nitrogens with zero attached hydrogens (tertiary/aromatic N) is 1. The zero-order valence-corrected chi connectivity index (χ0v) is 16.5. The average molecular weight is 354 g/mol. The van der Waals surface area contributed by atoms with Crippen molar-refractivity contribution in [1.29, 1.82) is 0 Å². The summed E-state index contributed by atoms with van der Waals surface area (Å²) >= 11 is 0. The lowest BCUT2D eigenvalue weighted by Gasteiger charge is -2.09. The first-order valence-electron chi connectivity index (χ1n) is 8.73. The Morgan fingerprint density at radius 1 is 1.12 bits per heavy atom. The first-order valence-corrected chi connectivity index (χ1v) is 8.73. The Morgan fingerprint density at radius 3 is 1.88 bits per heavy atom. The van der Waals surface area contributed by atoms with E-state index < -0.39 is 4.92 Å². The van der Waals surface area contributed by atoms with Crippen LogP contribution in [0.25, 0.3) is 5.70 Å². The summed E-state index contributed by atoms with van der Waals surface area (Å²) in [7, 11) is 0. The zero-order valence-electron chi connectivity index (χ0n) is 16.5. The molecule has 0 aliphatic rings. The van der Waals surface area contributed by atoms with Gasteiger partial charge >= 0.3 is 0 Å². The van der Waals surface area contributed by atoms with Crippen molar-refractivity contribution in [3.05, 3.63) is 51.7 Å². The van der Waals surface area contributed by atoms with Crippen LogP contribution in [-0.2, 0) is 9.47 Å². The number of nitrogens with two attached hydrogens (primary N) is 1. The molecule has 6 heteroatoms. The number of aryl methyl sites for hydroxylation is 1. The van der Waals surface area contributed by atoms with Crippen molar-refractivity contribution in [2.45, 2.75) is 60.7 Å². The third-order valence-corrected chi connectivity index (χ3v) is 2.93. The van der Waals surface area contributed by atoms with Gasteiger partial charge in [-0.1, -0.05) is 56.5 Å². The van der Waals surface area contributed by atoms with Gasteiger partial charge in [0.2, 0.25) is 0 Å². The number of nitro groups is 1. The van der Waals surface area contributed by atoms with E-state index in [1.54, 1.807) is 12.1 Å². The summed E-state index contributed by atoms with van der Waals surface area (Å²) in [6, 6.07) is 7.22. The first kappa shape index (κ1) is 25.3. The van der Waals surface area contributed by atoms with Crippen LogP contribution in [0.15, 0.2) is 30.5 Å². The minimum absolute atomic E-state index is 0.0370. The number of ether oxygens (including phenoxy) is 2. The van der Waals surface area contributed by atoms with E-state index in [0.717, 1.165) is 25.0 Å². The average Bonchev–Trinajstić information content (AvgIpc) is 2.56. The lowest BCUT2D eigenvalue weighted by molar-refractivity contribution is -0.401. The van der Waals surface area contributed by atoms with Gasteiger partial charge in [0.1, 0.15) is 5.70 Å². The summed E-state index contributed by atoms with van der Waals surface area (Å²) in [5.74, 6) is 0. The number of hydrogen-bond acceptors (Lipinski definition) is 5. The first-order chi connectivity index (χ1) is 11.8. The van der Waals surface area contributed by atoms with Crippen molar-refractivity contribution in [3.63, 3.8) is 0 Å². The van der Waals surface area contributed by atoms with Gasteiger partial charge in [0.05, 0.1) is 4.92 Å². The Hall–Kier alpha value is -1.92. The van der Waals surface area contributed by atoms with Gasteiger partial charge in [-0.2, -0.15) is 0 Å². The maximum absolute atomic E-state index is 10.1. The molecule has 0 unspecified atom stereocenters. The Kier molecular flexibility index (Phi) is 17.1. The molecule has 1 aromatic carbocycles. The van der Waals surface area contributed by atoms with E-state index in [4.69, 9.17) is 15.2 Å². The highest BCUT2D eigenvalue weighted by Gasteiger charge is 2.00. The van der Waals surface area contributed by atoms with Crippen LogP contribution >= 0.6 is 0 Å². The maximum atomic E-state index is 10.1. The van der Waals surface area contributed by atoms with Crippen molar-refractivity contribution in [2.24, 2.45) is 5.73 Å². The van der Waals surface area contributed by atoms with Gasteiger partial charge in [-0.25, -0.2) is 0 Å². The Morgan fingerprint density at radius 2 is 1.56 bits per heavy atom. The maximum Gasteiger partial charge on any atom is 0.257 e. The predicted molar refractivity (Wildman–Crippen MR) is 104 cm³/mol. The third-order valence-electron chi connectivity index (χ3n) is 2.93. The van der Waals surface area contributed by atoms with E-state index in [2.05, 4.69) is 13.8 Å². The summed E-state index contributed by atoms with van der Waals surface area (Å²) in [6.07, 6.45) is 3.40. The molecule has 0 saturated carbocycles. The van der Waals surface area contributed by atoms with Gasteiger partial charge in [-0.05, 0) is 27.7 Å². The molecule has 0 amide bonds. The summed E-state index contributed by atoms with van der Waals surface area (Å²) in [5.41, 5.74) is 7.40. The quantitative estimate of drug-likeness (QED) is 0.434. The second kappa shape index (κ2) is 16.9. The number of unbranched alkanes of at least 4 members (excludes halogenated alkanes) is 1. The van der Waals surface area contributed by atoms with E-state index in [0.29, 0.717) is 5.56 Å². The van der Waals surface area contributed by atoms with E-state index in [1.165, 1.54) is 12.8 Å². The molecule has 6 nitrogen and oxygen atoms in total. The highest BCUT2D eigenvalue weighted by molar-refractivity contribution is 5.61. The van der Waals surface area contributed by atoms with Crippen LogP contribution in [0.3, 0.4) is 0 Å². The molecular formula is C19H34N2O4. The lowest BCUT2D eigenvalue weighted by Crippen LogP contribution is -2.11. The van der Waals surface area contributed by atoms with E-state index in [9.17, 15) is 10.1 Å². The summed E-state index contributed by atoms with van der Waals surface area (Å²) in [5, 5.41) is 10.1. The predicted octanol–water partition coefficient (Wildman–Crippen LogP) is 4.74. The number of hydrogen-bond donors (Lipinski definition) is 1. The van der Waals surface area contributed by atoms with Crippen LogP contribution in [0.2, 0.25) is 0 Å². The Balaban J connectivity index is 0. The fourth-order valence-electron chi connectivity index (χ4n) is 1.45. The van der Waals surface area contributed by atoms with Gasteiger partial charge < -0.3 is 15.2 Å². The van der Waals surface area contributed by atoms with Crippen molar-refractivity contribution in [2.75, 3.05) is 13.2 Å². The molecule has 0 fully saturated rings. The molecule has 0 atom stereocenters. The van der Waals surface area contributed by atoms with Crippen LogP contribution in [0.1, 0.15) is 58.6 Å². The highest BCUT2D eigenvalue weighted by Crippen LogP contribution is 2.09. The number of benzene rings is 1. The molecule has 0 heterocycles. The van der Waals surface area contributed by atoms with Crippen molar-refractivity contribution < 1.29 is 14.4 Å². The molecule has 0 radical (unpaired) electrons. The minimum atomic E-state index is -0.560. The van der Waals surface area contributed by atoms with Crippen LogP contribution in [0.5, 0.6) is 0 Å². The van der Waals surface area contributed by atoms with Crippen molar-refractivity contribution in [3.8, 4) is 0 Å². The molecule has 2 N–H and O–H groups in total. The molecule has 0 spiro atoms. The minimum Gasteiger partial charge on any atom is -0.393 e. The van der Waals surface area contributed by atoms with Crippen molar-refractivity contribution in [1.82, 2.24) is 0 Å². The van der Waals surface area contributed by atoms with Crippen LogP contribution in [0.4, 0.5) is 0 Å². The normalized spacial score (nSPS) is 10.4. The van der Waals surface area contributed by atoms with Gasteiger partial charge in [-0.3, -0.25) is 10.1 Å². The molecule has 0 bridgehead atoms. The lowest BCUT2D eigenvalue weighted by atomic mass is 10.1. The monoisotopic (exact) mass is 354 g/mol. The largest absolute Gasteiger partial charge is 0.393 e. The Bertz CT molecular complexity index is 465. The van der Waals surface area contributed by atoms with Crippen LogP contribution in [-0.4, -0.2) is 24.4 Å². The standard InChI is InChI=1S/C9H10N2O2.C6H14O2.C4H10/c1-7-2-4-8(5-3-7)9(10)6-11(12)13;1-4-7-6(3)8-5-2;1-3-4-2/h2-6H,10H2,1H3;6H,4-5H2,1-3H3;3-4H2,1-2H3/b9-6+;;. The molecule has 0 saturated heterocycles. The second-order valence-electron chi connectivity index (χ2n) is 5.21. The topological polar surface area (TPSA) is 87.6 Å². The van der Waals surface area contributed by atoms with Gasteiger partial charge in [-0.15, -0.1) is 0 Å². The van der Waals surface area contributed by atoms with Gasteiger partial charge in [0.25, 0.3) is 6.20 Å². The fraction of sp³-hybridized carbons (Fsp3) is 0.579. The molecule has 0 aliphatic heterocycles. The molecular weight excluding hydrogens is 320 g/mol. The van der Waals surface area contributed by atoms with Crippen LogP contribution in [0, 0.1) is 17.0 Å². The SMILES string of the molecule is CCCC.CCOC(C)OCC.Cc1ccc(/C(N)=C\[N+](=O)[O-])cc1. The Labute approximate surface area is 152 Å². The van der Waals surface area contributed by atoms with Crippen LogP contribution < -0.4 is 5.73 Å². The molecule has 0 aliphatic carbocycles. The summed E-state index contributed by atoms with van der Waals surface area (Å²) in [4.78, 5) is 9.54.